The minimum atomic E-state index is 0.0214. The molecule has 0 bridgehead atoms. The van der Waals surface area contributed by atoms with Crippen molar-refractivity contribution in [2.45, 2.75) is 60.3 Å². The van der Waals surface area contributed by atoms with Crippen molar-refractivity contribution in [2.24, 2.45) is 0 Å². The molecule has 0 aromatic heterocycles. The molecule has 0 nitrogen and oxygen atoms in total. The largest absolute Gasteiger partial charge is 0.121 e. The van der Waals surface area contributed by atoms with E-state index in [0.717, 1.165) is 0 Å². The molecule has 1 aromatic carbocycles. The van der Waals surface area contributed by atoms with Crippen molar-refractivity contribution < 1.29 is 0 Å². The van der Waals surface area contributed by atoms with Gasteiger partial charge in [0, 0.05) is 5.41 Å². The topological polar surface area (TPSA) is 0 Å². The van der Waals surface area contributed by atoms with Crippen LogP contribution in [0.2, 0.25) is 0 Å². The lowest BCUT2D eigenvalue weighted by Gasteiger charge is -2.22. The minimum absolute atomic E-state index is 0.0214. The van der Waals surface area contributed by atoms with Crippen LogP contribution >= 0.6 is 0 Å². The summed E-state index contributed by atoms with van der Waals surface area (Å²) in [5.41, 5.74) is 11.0. The predicted octanol–water partition coefficient (Wildman–Crippen LogP) is 8.04. The summed E-state index contributed by atoms with van der Waals surface area (Å²) < 4.78 is 0. The van der Waals surface area contributed by atoms with E-state index in [1.807, 2.05) is 32.1 Å². The van der Waals surface area contributed by atoms with Crippen LogP contribution in [-0.2, 0) is 5.41 Å². The van der Waals surface area contributed by atoms with Gasteiger partial charge in [0.25, 0.3) is 0 Å². The maximum Gasteiger partial charge on any atom is 0.0159 e. The molecule has 26 heavy (non-hydrogen) atoms. The quantitative estimate of drug-likeness (QED) is 0.375. The van der Waals surface area contributed by atoms with Gasteiger partial charge < -0.3 is 0 Å². The van der Waals surface area contributed by atoms with Crippen LogP contribution in [0.5, 0.6) is 0 Å². The second-order valence-electron chi connectivity index (χ2n) is 6.70. The molecule has 0 unspecified atom stereocenters. The monoisotopic (exact) mass is 346 g/mol. The van der Waals surface area contributed by atoms with Crippen molar-refractivity contribution in [1.82, 2.24) is 0 Å². The average Bonchev–Trinajstić information content (AvgIpc) is 2.82. The zero-order valence-electron chi connectivity index (χ0n) is 17.6. The molecule has 0 saturated carbocycles. The Morgan fingerprint density at radius 3 is 2.31 bits per heavy atom. The molecule has 0 spiro atoms. The SMILES string of the molecule is C=C/C(=C\C)c1ccc2c(c1)C(C)(C)C1=CC=C=CC=C12.CC.CCC. The van der Waals surface area contributed by atoms with E-state index in [4.69, 9.17) is 0 Å². The van der Waals surface area contributed by atoms with Crippen molar-refractivity contribution in [2.75, 3.05) is 0 Å². The Kier molecular flexibility index (Phi) is 8.36. The van der Waals surface area contributed by atoms with Crippen molar-refractivity contribution in [3.8, 4) is 0 Å². The lowest BCUT2D eigenvalue weighted by atomic mass is 9.81. The number of benzene rings is 1. The van der Waals surface area contributed by atoms with E-state index in [1.54, 1.807) is 0 Å². The molecule has 0 N–H and O–H groups in total. The highest BCUT2D eigenvalue weighted by Crippen LogP contribution is 2.50. The Morgan fingerprint density at radius 2 is 1.73 bits per heavy atom. The summed E-state index contributed by atoms with van der Waals surface area (Å²) in [5.74, 6) is 0. The van der Waals surface area contributed by atoms with E-state index in [2.05, 4.69) is 83.4 Å². The number of fused-ring (bicyclic) bond motifs is 3. The van der Waals surface area contributed by atoms with Crippen molar-refractivity contribution in [1.29, 1.82) is 0 Å². The van der Waals surface area contributed by atoms with Gasteiger partial charge in [-0.2, -0.15) is 0 Å². The summed E-state index contributed by atoms with van der Waals surface area (Å²) in [5, 5.41) is 0. The Morgan fingerprint density at radius 1 is 1.12 bits per heavy atom. The molecule has 0 heteroatoms. The number of hydrogen-bond acceptors (Lipinski definition) is 0. The first kappa shape index (κ1) is 21.7. The van der Waals surface area contributed by atoms with Crippen LogP contribution in [-0.4, -0.2) is 0 Å². The third kappa shape index (κ3) is 4.26. The maximum absolute atomic E-state index is 3.91. The minimum Gasteiger partial charge on any atom is -0.121 e. The Hall–Kier alpha value is -2.30. The van der Waals surface area contributed by atoms with Gasteiger partial charge in [-0.3, -0.25) is 0 Å². The third-order valence-corrected chi connectivity index (χ3v) is 4.50. The van der Waals surface area contributed by atoms with E-state index in [1.165, 1.54) is 39.8 Å². The third-order valence-electron chi connectivity index (χ3n) is 4.50. The van der Waals surface area contributed by atoms with Gasteiger partial charge in [-0.15, -0.1) is 5.73 Å². The smallest absolute Gasteiger partial charge is 0.0159 e. The van der Waals surface area contributed by atoms with E-state index in [0.29, 0.717) is 0 Å². The van der Waals surface area contributed by atoms with E-state index in [-0.39, 0.29) is 5.41 Å². The fourth-order valence-corrected chi connectivity index (χ4v) is 3.30. The van der Waals surface area contributed by atoms with Crippen LogP contribution < -0.4 is 0 Å². The van der Waals surface area contributed by atoms with Crippen LogP contribution in [0.15, 0.2) is 72.5 Å². The van der Waals surface area contributed by atoms with Gasteiger partial charge in [0.1, 0.15) is 0 Å². The van der Waals surface area contributed by atoms with Gasteiger partial charge in [0.2, 0.25) is 0 Å². The van der Waals surface area contributed by atoms with Gasteiger partial charge in [0.15, 0.2) is 0 Å². The maximum atomic E-state index is 3.91. The zero-order chi connectivity index (χ0) is 19.7. The molecular formula is C26H34. The summed E-state index contributed by atoms with van der Waals surface area (Å²) in [7, 11) is 0. The number of rotatable bonds is 2. The van der Waals surface area contributed by atoms with Crippen LogP contribution in [0.4, 0.5) is 0 Å². The lowest BCUT2D eigenvalue weighted by molar-refractivity contribution is 0.660. The van der Waals surface area contributed by atoms with Crippen LogP contribution in [0.3, 0.4) is 0 Å². The molecular weight excluding hydrogens is 312 g/mol. The summed E-state index contributed by atoms with van der Waals surface area (Å²) in [6.07, 6.45) is 13.7. The first-order valence-corrected chi connectivity index (χ1v) is 9.79. The molecule has 0 aliphatic heterocycles. The van der Waals surface area contributed by atoms with Gasteiger partial charge in [0.05, 0.1) is 0 Å². The highest BCUT2D eigenvalue weighted by Gasteiger charge is 2.37. The molecule has 138 valence electrons. The molecule has 0 fully saturated rings. The number of hydrogen-bond donors (Lipinski definition) is 0. The fourth-order valence-electron chi connectivity index (χ4n) is 3.30. The van der Waals surface area contributed by atoms with Gasteiger partial charge in [-0.1, -0.05) is 78.8 Å². The molecule has 1 aromatic rings. The fraction of sp³-hybridized carbons (Fsp3) is 0.346. The van der Waals surface area contributed by atoms with Gasteiger partial charge in [-0.05, 0) is 70.7 Å². The summed E-state index contributed by atoms with van der Waals surface area (Å²) in [6, 6.07) is 6.75. The first-order valence-electron chi connectivity index (χ1n) is 9.79. The number of allylic oxidation sites excluding steroid dienone is 8. The second kappa shape index (κ2) is 10.00. The Balaban J connectivity index is 0.000000615. The van der Waals surface area contributed by atoms with E-state index >= 15 is 0 Å². The summed E-state index contributed by atoms with van der Waals surface area (Å²) >= 11 is 0. The van der Waals surface area contributed by atoms with E-state index in [9.17, 15) is 0 Å². The zero-order valence-corrected chi connectivity index (χ0v) is 17.6. The molecule has 2 aliphatic carbocycles. The van der Waals surface area contributed by atoms with E-state index < -0.39 is 0 Å². The van der Waals surface area contributed by atoms with Gasteiger partial charge in [-0.25, -0.2) is 0 Å². The molecule has 0 radical (unpaired) electrons. The molecule has 3 rings (SSSR count). The Labute approximate surface area is 161 Å². The molecule has 0 amide bonds. The highest BCUT2D eigenvalue weighted by atomic mass is 14.4. The van der Waals surface area contributed by atoms with Crippen LogP contribution in [0.25, 0.3) is 11.1 Å². The van der Waals surface area contributed by atoms with Crippen LogP contribution in [0.1, 0.15) is 71.6 Å². The van der Waals surface area contributed by atoms with Crippen LogP contribution in [0, 0.1) is 0 Å². The van der Waals surface area contributed by atoms with Crippen molar-refractivity contribution >= 4 is 11.1 Å². The lowest BCUT2D eigenvalue weighted by Crippen LogP contribution is -2.15. The molecule has 0 atom stereocenters. The normalized spacial score (nSPS) is 15.9. The summed E-state index contributed by atoms with van der Waals surface area (Å²) in [6.45, 7) is 18.8. The van der Waals surface area contributed by atoms with Crippen molar-refractivity contribution in [3.05, 3.63) is 89.2 Å². The Bertz CT molecular complexity index is 785. The molecule has 0 heterocycles. The summed E-state index contributed by atoms with van der Waals surface area (Å²) in [4.78, 5) is 0. The molecule has 2 aliphatic rings. The van der Waals surface area contributed by atoms with Crippen molar-refractivity contribution in [3.63, 3.8) is 0 Å². The standard InChI is InChI=1S/C21H20.C3H8.C2H6/c1-5-15(6-2)16-12-13-18-17-10-8-7-9-11-19(17)21(3,4)20(18)14-16;1-3-2;1-2/h5-6,8-14H,1H2,2-4H3;3H2,1-2H3;1-2H3/b15-6+;;. The average molecular weight is 347 g/mol. The second-order valence-corrected chi connectivity index (χ2v) is 6.70. The first-order chi connectivity index (χ1) is 12.5. The highest BCUT2D eigenvalue weighted by molar-refractivity contribution is 5.92. The van der Waals surface area contributed by atoms with Gasteiger partial charge >= 0.3 is 0 Å². The predicted molar refractivity (Wildman–Crippen MR) is 119 cm³/mol. The molecule has 0 saturated heterocycles.